The average Bonchev–Trinajstić information content (AvgIpc) is 2.73. The van der Waals surface area contributed by atoms with Crippen LogP contribution in [0.3, 0.4) is 0 Å². The fourth-order valence-electron chi connectivity index (χ4n) is 3.22. The summed E-state index contributed by atoms with van der Waals surface area (Å²) in [5.74, 6) is 0.693. The lowest BCUT2D eigenvalue weighted by atomic mass is 10.0. The Morgan fingerprint density at radius 2 is 1.56 bits per heavy atom. The molecule has 1 heterocycles. The number of nitrogens with one attached hydrogen (secondary N) is 2. The molecule has 4 aromatic rings. The highest BCUT2D eigenvalue weighted by Crippen LogP contribution is 2.30. The third-order valence-corrected chi connectivity index (χ3v) is 4.64. The van der Waals surface area contributed by atoms with E-state index in [1.165, 1.54) is 4.57 Å². The first-order chi connectivity index (χ1) is 13.2. The minimum absolute atomic E-state index is 0.0282. The largest absolute Gasteiger partial charge is 0.329 e. The van der Waals surface area contributed by atoms with Crippen LogP contribution in [0, 0.1) is 10.8 Å². The van der Waals surface area contributed by atoms with Crippen LogP contribution in [0.2, 0.25) is 0 Å². The zero-order chi connectivity index (χ0) is 18.8. The van der Waals surface area contributed by atoms with E-state index in [2.05, 4.69) is 23.2 Å². The van der Waals surface area contributed by atoms with E-state index in [0.29, 0.717) is 5.82 Å². The molecular formula is C22H19N5. The van der Waals surface area contributed by atoms with Gasteiger partial charge in [-0.15, -0.1) is 0 Å². The summed E-state index contributed by atoms with van der Waals surface area (Å²) in [5, 5.41) is 16.9. The number of hydrogen-bond donors (Lipinski definition) is 2. The molecule has 4 rings (SSSR count). The van der Waals surface area contributed by atoms with Gasteiger partial charge in [0.15, 0.2) is 0 Å². The Hall–Kier alpha value is -3.73. The number of anilines is 2. The van der Waals surface area contributed by atoms with Crippen molar-refractivity contribution in [1.82, 2.24) is 9.55 Å². The minimum atomic E-state index is 0.0282. The smallest absolute Gasteiger partial charge is 0.229 e. The van der Waals surface area contributed by atoms with Gasteiger partial charge in [-0.3, -0.25) is 15.4 Å². The molecule has 5 nitrogen and oxygen atoms in total. The number of nitrogens with zero attached hydrogens (tertiary/aromatic N) is 3. The quantitative estimate of drug-likeness (QED) is 0.421. The van der Waals surface area contributed by atoms with E-state index in [4.69, 9.17) is 10.8 Å². The van der Waals surface area contributed by atoms with Crippen LogP contribution < -0.4 is 10.5 Å². The number of fused-ring (bicyclic) bond motifs is 1. The van der Waals surface area contributed by atoms with E-state index in [0.717, 1.165) is 34.1 Å². The maximum absolute atomic E-state index is 8.30. The molecule has 0 atom stereocenters. The molecule has 2 N–H and O–H groups in total. The highest BCUT2D eigenvalue weighted by atomic mass is 15.2. The van der Waals surface area contributed by atoms with Crippen LogP contribution in [0.1, 0.15) is 0 Å². The molecule has 0 saturated carbocycles. The summed E-state index contributed by atoms with van der Waals surface area (Å²) in [6.45, 7) is 0. The summed E-state index contributed by atoms with van der Waals surface area (Å²) >= 11 is 0. The van der Waals surface area contributed by atoms with Gasteiger partial charge in [0.2, 0.25) is 5.62 Å². The maximum atomic E-state index is 8.30. The molecule has 0 radical (unpaired) electrons. The van der Waals surface area contributed by atoms with Crippen molar-refractivity contribution < 1.29 is 0 Å². The Morgan fingerprint density at radius 3 is 2.22 bits per heavy atom. The van der Waals surface area contributed by atoms with Gasteiger partial charge in [0, 0.05) is 18.1 Å². The van der Waals surface area contributed by atoms with Gasteiger partial charge in [0.25, 0.3) is 0 Å². The van der Waals surface area contributed by atoms with Gasteiger partial charge in [0.1, 0.15) is 5.82 Å². The van der Waals surface area contributed by atoms with Crippen LogP contribution in [0.4, 0.5) is 11.5 Å². The van der Waals surface area contributed by atoms with Crippen molar-refractivity contribution in [3.05, 3.63) is 84.5 Å². The van der Waals surface area contributed by atoms with Gasteiger partial charge in [-0.2, -0.15) is 4.98 Å². The maximum Gasteiger partial charge on any atom is 0.229 e. The van der Waals surface area contributed by atoms with E-state index in [-0.39, 0.29) is 5.62 Å². The molecule has 0 amide bonds. The predicted octanol–water partition coefficient (Wildman–Crippen LogP) is 4.41. The monoisotopic (exact) mass is 353 g/mol. The number of para-hydroxylation sites is 1. The van der Waals surface area contributed by atoms with Gasteiger partial charge in [0.05, 0.1) is 11.9 Å². The van der Waals surface area contributed by atoms with Gasteiger partial charge >= 0.3 is 0 Å². The second-order valence-corrected chi connectivity index (χ2v) is 6.25. The lowest BCUT2D eigenvalue weighted by molar-refractivity contribution is 0.915. The van der Waals surface area contributed by atoms with Crippen molar-refractivity contribution in [1.29, 1.82) is 10.8 Å². The highest BCUT2D eigenvalue weighted by Gasteiger charge is 2.14. The van der Waals surface area contributed by atoms with Crippen molar-refractivity contribution in [3.8, 4) is 11.1 Å². The molecule has 27 heavy (non-hydrogen) atoms. The first-order valence-corrected chi connectivity index (χ1v) is 8.65. The molecule has 1 aromatic heterocycles. The molecular weight excluding hydrogens is 334 g/mol. The molecule has 0 fully saturated rings. The zero-order valence-electron chi connectivity index (χ0n) is 14.9. The molecule has 5 heteroatoms. The third kappa shape index (κ3) is 3.00. The fraction of sp³-hybridized carbons (Fsp3) is 0.0455. The Balaban J connectivity index is 1.97. The molecule has 0 aliphatic heterocycles. The second kappa shape index (κ2) is 6.88. The van der Waals surface area contributed by atoms with E-state index in [1.54, 1.807) is 0 Å². The second-order valence-electron chi connectivity index (χ2n) is 6.25. The first kappa shape index (κ1) is 16.7. The van der Waals surface area contributed by atoms with Crippen molar-refractivity contribution in [3.63, 3.8) is 0 Å². The van der Waals surface area contributed by atoms with E-state index >= 15 is 0 Å². The average molecular weight is 353 g/mol. The van der Waals surface area contributed by atoms with Gasteiger partial charge in [-0.1, -0.05) is 54.6 Å². The van der Waals surface area contributed by atoms with Crippen LogP contribution in [0.15, 0.2) is 78.9 Å². The molecule has 3 aromatic carbocycles. The Bertz CT molecular complexity index is 1160. The standard InChI is InChI=1S/C22H19N5/c1-26(18-10-6-3-7-11-18)21-19-13-12-17(16-8-4-2-5-9-16)14-20(19)27(15-23)22(24)25-21/h2-15,23-24H,1H3. The summed E-state index contributed by atoms with van der Waals surface area (Å²) in [6, 6.07) is 26.1. The summed E-state index contributed by atoms with van der Waals surface area (Å²) in [4.78, 5) is 6.42. The third-order valence-electron chi connectivity index (χ3n) is 4.64. The number of benzene rings is 3. The lowest BCUT2D eigenvalue weighted by Crippen LogP contribution is -2.26. The van der Waals surface area contributed by atoms with E-state index in [1.807, 2.05) is 72.6 Å². The lowest BCUT2D eigenvalue weighted by Gasteiger charge is -2.21. The van der Waals surface area contributed by atoms with Crippen LogP contribution in [-0.4, -0.2) is 22.9 Å². The molecule has 0 saturated heterocycles. The predicted molar refractivity (Wildman–Crippen MR) is 110 cm³/mol. The molecule has 0 aliphatic carbocycles. The summed E-state index contributed by atoms with van der Waals surface area (Å²) in [5.41, 5.74) is 3.94. The van der Waals surface area contributed by atoms with Crippen LogP contribution in [-0.2, 0) is 0 Å². The van der Waals surface area contributed by atoms with Gasteiger partial charge in [-0.25, -0.2) is 0 Å². The number of hydrogen-bond acceptors (Lipinski definition) is 4. The number of aromatic nitrogens is 2. The molecule has 0 spiro atoms. The van der Waals surface area contributed by atoms with Crippen LogP contribution >= 0.6 is 0 Å². The van der Waals surface area contributed by atoms with Gasteiger partial charge in [-0.05, 0) is 35.4 Å². The van der Waals surface area contributed by atoms with Crippen molar-refractivity contribution >= 4 is 28.7 Å². The molecule has 0 bridgehead atoms. The van der Waals surface area contributed by atoms with Crippen LogP contribution in [0.25, 0.3) is 22.0 Å². The van der Waals surface area contributed by atoms with Gasteiger partial charge < -0.3 is 4.90 Å². The topological polar surface area (TPSA) is 68.8 Å². The van der Waals surface area contributed by atoms with Crippen molar-refractivity contribution in [2.24, 2.45) is 0 Å². The first-order valence-electron chi connectivity index (χ1n) is 8.65. The SMILES string of the molecule is CN(c1ccccc1)c1nc(=N)n(C=N)c2cc(-c3ccccc3)ccc12. The zero-order valence-corrected chi connectivity index (χ0v) is 14.9. The van der Waals surface area contributed by atoms with E-state index < -0.39 is 0 Å². The molecule has 0 unspecified atom stereocenters. The normalized spacial score (nSPS) is 10.7. The van der Waals surface area contributed by atoms with Crippen molar-refractivity contribution in [2.45, 2.75) is 0 Å². The Morgan fingerprint density at radius 1 is 0.889 bits per heavy atom. The number of rotatable bonds is 4. The summed E-state index contributed by atoms with van der Waals surface area (Å²) in [6.07, 6.45) is 1.14. The molecule has 132 valence electrons. The minimum Gasteiger partial charge on any atom is -0.329 e. The summed E-state index contributed by atoms with van der Waals surface area (Å²) < 4.78 is 1.49. The Kier molecular flexibility index (Phi) is 4.26. The fourth-order valence-corrected chi connectivity index (χ4v) is 3.22. The van der Waals surface area contributed by atoms with E-state index in [9.17, 15) is 0 Å². The Labute approximate surface area is 157 Å². The highest BCUT2D eigenvalue weighted by molar-refractivity contribution is 5.96. The summed E-state index contributed by atoms with van der Waals surface area (Å²) in [7, 11) is 1.94. The molecule has 0 aliphatic rings. The van der Waals surface area contributed by atoms with Crippen LogP contribution in [0.5, 0.6) is 0 Å². The van der Waals surface area contributed by atoms with Crippen molar-refractivity contribution in [2.75, 3.05) is 11.9 Å².